The zero-order chi connectivity index (χ0) is 13.9. The quantitative estimate of drug-likeness (QED) is 0.918. The van der Waals surface area contributed by atoms with E-state index in [0.717, 1.165) is 5.01 Å². The Morgan fingerprint density at radius 2 is 2.20 bits per heavy atom. The molecule has 0 spiro atoms. The largest absolute Gasteiger partial charge is 0.493 e. The van der Waals surface area contributed by atoms with Crippen LogP contribution >= 0.6 is 11.3 Å². The van der Waals surface area contributed by atoms with E-state index in [-0.39, 0.29) is 5.91 Å². The third-order valence-corrected chi connectivity index (χ3v) is 4.02. The first-order chi connectivity index (χ1) is 9.78. The summed E-state index contributed by atoms with van der Waals surface area (Å²) in [6, 6.07) is 7.18. The van der Waals surface area contributed by atoms with E-state index < -0.39 is 0 Å². The minimum atomic E-state index is -0.215. The van der Waals surface area contributed by atoms with Crippen molar-refractivity contribution in [2.75, 3.05) is 11.9 Å². The molecule has 0 aliphatic heterocycles. The van der Waals surface area contributed by atoms with Crippen LogP contribution in [0.2, 0.25) is 0 Å². The Bertz CT molecular complexity index is 622. The summed E-state index contributed by atoms with van der Waals surface area (Å²) in [7, 11) is 0. The first-order valence-electron chi connectivity index (χ1n) is 6.64. The number of carbonyl (C=O) groups excluding carboxylic acids is 1. The van der Waals surface area contributed by atoms with Crippen molar-refractivity contribution in [3.05, 3.63) is 34.8 Å². The number of aromatic nitrogens is 2. The van der Waals surface area contributed by atoms with Gasteiger partial charge in [-0.05, 0) is 31.9 Å². The van der Waals surface area contributed by atoms with E-state index in [4.69, 9.17) is 4.74 Å². The van der Waals surface area contributed by atoms with E-state index in [1.807, 2.05) is 19.1 Å². The van der Waals surface area contributed by atoms with Crippen molar-refractivity contribution in [1.82, 2.24) is 10.2 Å². The molecule has 1 amide bonds. The fraction of sp³-hybridized carbons (Fsp3) is 0.357. The van der Waals surface area contributed by atoms with E-state index >= 15 is 0 Å². The molecule has 2 aromatic rings. The van der Waals surface area contributed by atoms with Crippen LogP contribution in [0.15, 0.2) is 24.3 Å². The second-order valence-corrected chi connectivity index (χ2v) is 5.61. The smallest absolute Gasteiger partial charge is 0.261 e. The lowest BCUT2D eigenvalue weighted by Crippen LogP contribution is -2.13. The highest BCUT2D eigenvalue weighted by Crippen LogP contribution is 2.42. The van der Waals surface area contributed by atoms with Gasteiger partial charge in [0.2, 0.25) is 5.13 Å². The number of hydrogen-bond donors (Lipinski definition) is 1. The van der Waals surface area contributed by atoms with Gasteiger partial charge in [0.05, 0.1) is 12.2 Å². The van der Waals surface area contributed by atoms with Crippen molar-refractivity contribution >= 4 is 22.4 Å². The molecule has 0 unspecified atom stereocenters. The van der Waals surface area contributed by atoms with E-state index in [1.165, 1.54) is 24.2 Å². The number of amides is 1. The van der Waals surface area contributed by atoms with E-state index in [9.17, 15) is 4.79 Å². The van der Waals surface area contributed by atoms with Crippen molar-refractivity contribution in [3.63, 3.8) is 0 Å². The maximum Gasteiger partial charge on any atom is 0.261 e. The first kappa shape index (κ1) is 13.1. The second kappa shape index (κ2) is 5.58. The molecule has 5 nitrogen and oxygen atoms in total. The van der Waals surface area contributed by atoms with Crippen LogP contribution in [0.5, 0.6) is 5.75 Å². The number of nitrogens with zero attached hydrogens (tertiary/aromatic N) is 2. The standard InChI is InChI=1S/C14H15N3O2S/c1-2-19-11-6-4-3-5-10(11)12(18)15-14-17-16-13(20-14)9-7-8-9/h3-6,9H,2,7-8H2,1H3,(H,15,17,18). The molecule has 1 N–H and O–H groups in total. The zero-order valence-corrected chi connectivity index (χ0v) is 11.9. The molecule has 0 saturated heterocycles. The highest BCUT2D eigenvalue weighted by atomic mass is 32.1. The SMILES string of the molecule is CCOc1ccccc1C(=O)Nc1nnc(C2CC2)s1. The number of para-hydroxylation sites is 1. The molecule has 1 saturated carbocycles. The summed E-state index contributed by atoms with van der Waals surface area (Å²) in [4.78, 5) is 12.3. The summed E-state index contributed by atoms with van der Waals surface area (Å²) in [5.41, 5.74) is 0.512. The third-order valence-electron chi connectivity index (χ3n) is 3.02. The van der Waals surface area contributed by atoms with Crippen molar-refractivity contribution < 1.29 is 9.53 Å². The van der Waals surface area contributed by atoms with Crippen LogP contribution in [0, 0.1) is 0 Å². The fourth-order valence-electron chi connectivity index (χ4n) is 1.88. The van der Waals surface area contributed by atoms with Crippen molar-refractivity contribution in [2.24, 2.45) is 0 Å². The van der Waals surface area contributed by atoms with Crippen LogP contribution in [-0.2, 0) is 0 Å². The summed E-state index contributed by atoms with van der Waals surface area (Å²) < 4.78 is 5.46. The number of benzene rings is 1. The lowest BCUT2D eigenvalue weighted by molar-refractivity contribution is 0.102. The molecule has 0 atom stereocenters. The van der Waals surface area contributed by atoms with Gasteiger partial charge in [0.25, 0.3) is 5.91 Å². The van der Waals surface area contributed by atoms with Crippen LogP contribution in [0.1, 0.15) is 41.0 Å². The molecule has 0 radical (unpaired) electrons. The average Bonchev–Trinajstić information content (AvgIpc) is 3.20. The van der Waals surface area contributed by atoms with E-state index in [2.05, 4.69) is 15.5 Å². The molecule has 1 fully saturated rings. The average molecular weight is 289 g/mol. The molecular weight excluding hydrogens is 274 g/mol. The zero-order valence-electron chi connectivity index (χ0n) is 11.1. The van der Waals surface area contributed by atoms with Crippen LogP contribution in [-0.4, -0.2) is 22.7 Å². The van der Waals surface area contributed by atoms with Gasteiger partial charge in [-0.2, -0.15) is 0 Å². The van der Waals surface area contributed by atoms with Gasteiger partial charge in [-0.15, -0.1) is 10.2 Å². The summed E-state index contributed by atoms with van der Waals surface area (Å²) in [5.74, 6) is 0.917. The molecule has 6 heteroatoms. The summed E-state index contributed by atoms with van der Waals surface area (Å²) in [6.07, 6.45) is 2.35. The van der Waals surface area contributed by atoms with Gasteiger partial charge in [-0.3, -0.25) is 10.1 Å². The maximum absolute atomic E-state index is 12.3. The molecule has 1 aliphatic rings. The molecule has 1 aromatic carbocycles. The first-order valence-corrected chi connectivity index (χ1v) is 7.46. The molecule has 104 valence electrons. The Morgan fingerprint density at radius 1 is 1.40 bits per heavy atom. The van der Waals surface area contributed by atoms with Gasteiger partial charge in [0.1, 0.15) is 10.8 Å². The molecule has 3 rings (SSSR count). The molecule has 1 aliphatic carbocycles. The predicted molar refractivity (Wildman–Crippen MR) is 77.4 cm³/mol. The van der Waals surface area contributed by atoms with Crippen molar-refractivity contribution in [1.29, 1.82) is 0 Å². The van der Waals surface area contributed by atoms with Crippen molar-refractivity contribution in [3.8, 4) is 5.75 Å². The highest BCUT2D eigenvalue weighted by Gasteiger charge is 2.27. The summed E-state index contributed by atoms with van der Waals surface area (Å²) in [6.45, 7) is 2.41. The molecule has 1 aromatic heterocycles. The molecule has 20 heavy (non-hydrogen) atoms. The van der Waals surface area contributed by atoms with Crippen LogP contribution in [0.4, 0.5) is 5.13 Å². The number of hydrogen-bond acceptors (Lipinski definition) is 5. The Balaban J connectivity index is 1.74. The highest BCUT2D eigenvalue weighted by molar-refractivity contribution is 7.15. The second-order valence-electron chi connectivity index (χ2n) is 4.60. The van der Waals surface area contributed by atoms with Gasteiger partial charge in [0.15, 0.2) is 0 Å². The Hall–Kier alpha value is -1.95. The van der Waals surface area contributed by atoms with Crippen LogP contribution in [0.25, 0.3) is 0 Å². The predicted octanol–water partition coefficient (Wildman–Crippen LogP) is 3.07. The normalized spacial score (nSPS) is 14.1. The lowest BCUT2D eigenvalue weighted by atomic mass is 10.2. The number of rotatable bonds is 5. The fourth-order valence-corrected chi connectivity index (χ4v) is 2.79. The number of nitrogens with one attached hydrogen (secondary N) is 1. The van der Waals surface area contributed by atoms with Crippen LogP contribution < -0.4 is 10.1 Å². The Kier molecular flexibility index (Phi) is 3.64. The van der Waals surface area contributed by atoms with E-state index in [0.29, 0.717) is 29.0 Å². The Labute approximate surface area is 121 Å². The Morgan fingerprint density at radius 3 is 2.95 bits per heavy atom. The van der Waals surface area contributed by atoms with Crippen LogP contribution in [0.3, 0.4) is 0 Å². The number of carbonyl (C=O) groups is 1. The van der Waals surface area contributed by atoms with Gasteiger partial charge in [-0.1, -0.05) is 23.5 Å². The van der Waals surface area contributed by atoms with E-state index in [1.54, 1.807) is 12.1 Å². The minimum absolute atomic E-state index is 0.215. The van der Waals surface area contributed by atoms with Gasteiger partial charge >= 0.3 is 0 Å². The van der Waals surface area contributed by atoms with Crippen molar-refractivity contribution in [2.45, 2.75) is 25.7 Å². The number of ether oxygens (including phenoxy) is 1. The maximum atomic E-state index is 12.3. The summed E-state index contributed by atoms with van der Waals surface area (Å²) >= 11 is 1.45. The van der Waals surface area contributed by atoms with Gasteiger partial charge in [0, 0.05) is 5.92 Å². The third kappa shape index (κ3) is 2.80. The number of anilines is 1. The lowest BCUT2D eigenvalue weighted by Gasteiger charge is -2.08. The monoisotopic (exact) mass is 289 g/mol. The molecular formula is C14H15N3O2S. The van der Waals surface area contributed by atoms with Gasteiger partial charge < -0.3 is 4.74 Å². The topological polar surface area (TPSA) is 64.1 Å². The summed E-state index contributed by atoms with van der Waals surface area (Å²) in [5, 5.41) is 12.5. The molecule has 0 bridgehead atoms. The van der Waals surface area contributed by atoms with Gasteiger partial charge in [-0.25, -0.2) is 0 Å². The minimum Gasteiger partial charge on any atom is -0.493 e. The molecule has 1 heterocycles.